The molecule has 5 heteroatoms. The predicted molar refractivity (Wildman–Crippen MR) is 60.6 cm³/mol. The quantitative estimate of drug-likeness (QED) is 0.749. The minimum Gasteiger partial charge on any atom is -0.267 e. The Morgan fingerprint density at radius 3 is 2.62 bits per heavy atom. The summed E-state index contributed by atoms with van der Waals surface area (Å²) in [7, 11) is 0. The maximum absolute atomic E-state index is 12.0. The van der Waals surface area contributed by atoms with Gasteiger partial charge in [-0.15, -0.1) is 0 Å². The number of hydrogen-bond donors (Lipinski definition) is 0. The van der Waals surface area contributed by atoms with E-state index in [2.05, 4.69) is 5.10 Å². The van der Waals surface area contributed by atoms with Gasteiger partial charge in [-0.3, -0.25) is 9.36 Å². The normalized spacial score (nSPS) is 17.6. The van der Waals surface area contributed by atoms with Crippen molar-refractivity contribution in [2.24, 2.45) is 0 Å². The van der Waals surface area contributed by atoms with E-state index in [-0.39, 0.29) is 17.3 Å². The van der Waals surface area contributed by atoms with Gasteiger partial charge in [0, 0.05) is 12.6 Å². The Morgan fingerprint density at radius 2 is 2.00 bits per heavy atom. The highest BCUT2D eigenvalue weighted by atomic mass is 16.2. The molecule has 0 spiro atoms. The van der Waals surface area contributed by atoms with Crippen LogP contribution in [0.2, 0.25) is 0 Å². The molecule has 1 aliphatic rings. The molecule has 1 aromatic heterocycles. The second-order valence-electron chi connectivity index (χ2n) is 4.24. The van der Waals surface area contributed by atoms with Gasteiger partial charge in [-0.2, -0.15) is 5.10 Å². The highest BCUT2D eigenvalue weighted by Crippen LogP contribution is 2.25. The number of hydrogen-bond acceptors (Lipinski definition) is 3. The van der Waals surface area contributed by atoms with Crippen LogP contribution in [0.15, 0.2) is 15.8 Å². The zero-order chi connectivity index (χ0) is 11.5. The smallest absolute Gasteiger partial charge is 0.267 e. The van der Waals surface area contributed by atoms with Gasteiger partial charge in [0.05, 0.1) is 0 Å². The van der Waals surface area contributed by atoms with Gasteiger partial charge in [-0.05, 0) is 19.8 Å². The second-order valence-corrected chi connectivity index (χ2v) is 4.24. The average molecular weight is 223 g/mol. The first-order valence-corrected chi connectivity index (χ1v) is 5.92. The lowest BCUT2D eigenvalue weighted by Crippen LogP contribution is -2.43. The molecular weight excluding hydrogens is 206 g/mol. The Hall–Kier alpha value is -1.39. The fraction of sp³-hybridized carbons (Fsp3) is 0.727. The molecule has 5 nitrogen and oxygen atoms in total. The van der Waals surface area contributed by atoms with Gasteiger partial charge < -0.3 is 0 Å². The molecule has 0 amide bonds. The van der Waals surface area contributed by atoms with E-state index >= 15 is 0 Å². The van der Waals surface area contributed by atoms with Crippen molar-refractivity contribution in [3.8, 4) is 0 Å². The van der Waals surface area contributed by atoms with E-state index in [4.69, 9.17) is 0 Å². The van der Waals surface area contributed by atoms with Crippen molar-refractivity contribution in [1.29, 1.82) is 0 Å². The fourth-order valence-corrected chi connectivity index (χ4v) is 2.34. The molecule has 0 saturated heterocycles. The largest absolute Gasteiger partial charge is 0.347 e. The lowest BCUT2D eigenvalue weighted by atomic mass is 9.95. The van der Waals surface area contributed by atoms with Crippen molar-refractivity contribution in [1.82, 2.24) is 14.3 Å². The molecule has 0 unspecified atom stereocenters. The zero-order valence-corrected chi connectivity index (χ0v) is 9.56. The monoisotopic (exact) mass is 223 g/mol. The van der Waals surface area contributed by atoms with Crippen LogP contribution in [0.25, 0.3) is 0 Å². The maximum atomic E-state index is 12.0. The molecule has 0 N–H and O–H groups in total. The topological polar surface area (TPSA) is 56.9 Å². The van der Waals surface area contributed by atoms with E-state index in [0.717, 1.165) is 25.7 Å². The lowest BCUT2D eigenvalue weighted by molar-refractivity contribution is 0.323. The summed E-state index contributed by atoms with van der Waals surface area (Å²) < 4.78 is 2.73. The third-order valence-electron chi connectivity index (χ3n) is 3.21. The molecule has 16 heavy (non-hydrogen) atoms. The van der Waals surface area contributed by atoms with E-state index in [1.807, 2.05) is 6.92 Å². The van der Waals surface area contributed by atoms with Crippen molar-refractivity contribution in [3.05, 3.63) is 27.0 Å². The van der Waals surface area contributed by atoms with Gasteiger partial charge in [0.2, 0.25) is 0 Å². The molecule has 0 atom stereocenters. The van der Waals surface area contributed by atoms with Crippen LogP contribution in [-0.2, 0) is 6.54 Å². The first-order chi connectivity index (χ1) is 7.74. The van der Waals surface area contributed by atoms with Crippen molar-refractivity contribution < 1.29 is 0 Å². The van der Waals surface area contributed by atoms with Crippen molar-refractivity contribution in [3.63, 3.8) is 0 Å². The SMILES string of the molecule is CCn1ncc(=O)n(C2CCCCC2)c1=O. The molecule has 0 radical (unpaired) electrons. The molecule has 88 valence electrons. The molecule has 0 aliphatic heterocycles. The van der Waals surface area contributed by atoms with Crippen LogP contribution in [0.4, 0.5) is 0 Å². The van der Waals surface area contributed by atoms with E-state index in [0.29, 0.717) is 6.54 Å². The molecule has 1 fully saturated rings. The molecule has 1 aromatic rings. The van der Waals surface area contributed by atoms with E-state index in [1.165, 1.54) is 21.9 Å². The molecule has 1 heterocycles. The van der Waals surface area contributed by atoms with Gasteiger partial charge in [0.15, 0.2) is 0 Å². The van der Waals surface area contributed by atoms with Gasteiger partial charge in [0.25, 0.3) is 5.56 Å². The van der Waals surface area contributed by atoms with E-state index in [1.54, 1.807) is 0 Å². The Morgan fingerprint density at radius 1 is 1.31 bits per heavy atom. The van der Waals surface area contributed by atoms with E-state index < -0.39 is 0 Å². The summed E-state index contributed by atoms with van der Waals surface area (Å²) in [6, 6.07) is 0.0783. The molecule has 1 aliphatic carbocycles. The predicted octanol–water partition coefficient (Wildman–Crippen LogP) is 0.930. The summed E-state index contributed by atoms with van der Waals surface area (Å²) in [4.78, 5) is 23.7. The number of nitrogens with zero attached hydrogens (tertiary/aromatic N) is 3. The van der Waals surface area contributed by atoms with Gasteiger partial charge in [-0.1, -0.05) is 19.3 Å². The Bertz CT molecular complexity index is 469. The van der Waals surface area contributed by atoms with Crippen LogP contribution in [0.3, 0.4) is 0 Å². The molecular formula is C11H17N3O2. The molecule has 2 rings (SSSR count). The van der Waals surface area contributed by atoms with Gasteiger partial charge in [0.1, 0.15) is 6.20 Å². The Balaban J connectivity index is 2.45. The third-order valence-corrected chi connectivity index (χ3v) is 3.21. The molecule has 0 bridgehead atoms. The number of rotatable bonds is 2. The Labute approximate surface area is 93.7 Å². The Kier molecular flexibility index (Phi) is 3.22. The molecule has 0 aromatic carbocycles. The minimum atomic E-state index is -0.262. The van der Waals surface area contributed by atoms with Crippen LogP contribution in [0.5, 0.6) is 0 Å². The van der Waals surface area contributed by atoms with Crippen LogP contribution in [0, 0.1) is 0 Å². The average Bonchev–Trinajstić information content (AvgIpc) is 2.31. The minimum absolute atomic E-state index is 0.0783. The number of aromatic nitrogens is 3. The first-order valence-electron chi connectivity index (χ1n) is 5.92. The summed E-state index contributed by atoms with van der Waals surface area (Å²) in [5, 5.41) is 3.82. The maximum Gasteiger partial charge on any atom is 0.347 e. The van der Waals surface area contributed by atoms with Crippen LogP contribution < -0.4 is 11.2 Å². The van der Waals surface area contributed by atoms with Gasteiger partial charge >= 0.3 is 5.69 Å². The van der Waals surface area contributed by atoms with Crippen LogP contribution in [-0.4, -0.2) is 14.3 Å². The standard InChI is InChI=1S/C11H17N3O2/c1-2-13-11(16)14(10(15)8-12-13)9-6-4-3-5-7-9/h8-9H,2-7H2,1H3. The zero-order valence-electron chi connectivity index (χ0n) is 9.56. The van der Waals surface area contributed by atoms with Gasteiger partial charge in [-0.25, -0.2) is 9.48 Å². The summed E-state index contributed by atoms with van der Waals surface area (Å²) in [5.41, 5.74) is -0.525. The highest BCUT2D eigenvalue weighted by Gasteiger charge is 2.19. The van der Waals surface area contributed by atoms with Crippen molar-refractivity contribution >= 4 is 0 Å². The second kappa shape index (κ2) is 4.63. The van der Waals surface area contributed by atoms with Crippen LogP contribution in [0.1, 0.15) is 45.1 Å². The number of aryl methyl sites for hydroxylation is 1. The molecule has 1 saturated carbocycles. The van der Waals surface area contributed by atoms with Crippen molar-refractivity contribution in [2.45, 2.75) is 51.6 Å². The lowest BCUT2D eigenvalue weighted by Gasteiger charge is -2.23. The summed E-state index contributed by atoms with van der Waals surface area (Å²) in [6.45, 7) is 2.36. The highest BCUT2D eigenvalue weighted by molar-refractivity contribution is 4.83. The van der Waals surface area contributed by atoms with Crippen LogP contribution >= 0.6 is 0 Å². The first kappa shape index (κ1) is 11.1. The summed E-state index contributed by atoms with van der Waals surface area (Å²) in [6.07, 6.45) is 6.53. The fourth-order valence-electron chi connectivity index (χ4n) is 2.34. The summed E-state index contributed by atoms with van der Waals surface area (Å²) >= 11 is 0. The van der Waals surface area contributed by atoms with E-state index in [9.17, 15) is 9.59 Å². The summed E-state index contributed by atoms with van der Waals surface area (Å²) in [5.74, 6) is 0. The van der Waals surface area contributed by atoms with Crippen molar-refractivity contribution in [2.75, 3.05) is 0 Å². The third kappa shape index (κ3) is 1.94.